The third kappa shape index (κ3) is 3.99. The lowest BCUT2D eigenvalue weighted by Gasteiger charge is -2.08. The van der Waals surface area contributed by atoms with Crippen molar-refractivity contribution in [2.75, 3.05) is 5.32 Å². The molecule has 4 rings (SSSR count). The molecule has 134 valence electrons. The van der Waals surface area contributed by atoms with Crippen molar-refractivity contribution in [3.05, 3.63) is 77.6 Å². The number of aryl methyl sites for hydroxylation is 1. The average molecular weight is 378 g/mol. The summed E-state index contributed by atoms with van der Waals surface area (Å²) in [5.41, 5.74) is 1.61. The summed E-state index contributed by atoms with van der Waals surface area (Å²) in [5.74, 6) is 0.807. The first-order valence-corrected chi connectivity index (χ1v) is 8.93. The summed E-state index contributed by atoms with van der Waals surface area (Å²) in [7, 11) is 0. The van der Waals surface area contributed by atoms with E-state index in [-0.39, 0.29) is 12.3 Å². The van der Waals surface area contributed by atoms with Crippen LogP contribution in [0, 0.1) is 0 Å². The monoisotopic (exact) mass is 377 g/mol. The van der Waals surface area contributed by atoms with Crippen molar-refractivity contribution < 1.29 is 9.32 Å². The number of anilines is 1. The lowest BCUT2D eigenvalue weighted by Crippen LogP contribution is -2.12. The quantitative estimate of drug-likeness (QED) is 0.524. The zero-order valence-electron chi connectivity index (χ0n) is 14.4. The Balaban J connectivity index is 1.40. The number of hydrogen-bond acceptors (Lipinski definition) is 4. The van der Waals surface area contributed by atoms with Crippen molar-refractivity contribution in [2.24, 2.45) is 0 Å². The Labute approximate surface area is 161 Å². The number of amides is 1. The highest BCUT2D eigenvalue weighted by molar-refractivity contribution is 6.30. The molecule has 0 bridgehead atoms. The van der Waals surface area contributed by atoms with Crippen LogP contribution >= 0.6 is 11.6 Å². The van der Waals surface area contributed by atoms with E-state index >= 15 is 0 Å². The standard InChI is InChI=1S/C21H16ClN3O2/c22-16-10-8-15(9-11-16)21-24-20(27-25-21)13-12-19(26)23-18-7-3-5-14-4-1-2-6-17(14)18/h1-11H,12-13H2,(H,23,26). The molecule has 0 fully saturated rings. The van der Waals surface area contributed by atoms with Crippen LogP contribution in [-0.4, -0.2) is 16.0 Å². The minimum Gasteiger partial charge on any atom is -0.339 e. The Morgan fingerprint density at radius 2 is 1.78 bits per heavy atom. The summed E-state index contributed by atoms with van der Waals surface area (Å²) in [6, 6.07) is 20.9. The smallest absolute Gasteiger partial charge is 0.227 e. The lowest BCUT2D eigenvalue weighted by molar-refractivity contribution is -0.116. The van der Waals surface area contributed by atoms with Gasteiger partial charge in [-0.15, -0.1) is 0 Å². The number of nitrogens with one attached hydrogen (secondary N) is 1. The molecule has 6 heteroatoms. The number of rotatable bonds is 5. The highest BCUT2D eigenvalue weighted by Gasteiger charge is 2.11. The Hall–Kier alpha value is -3.18. The fourth-order valence-electron chi connectivity index (χ4n) is 2.84. The van der Waals surface area contributed by atoms with Gasteiger partial charge in [-0.05, 0) is 35.7 Å². The Morgan fingerprint density at radius 1 is 1.00 bits per heavy atom. The molecule has 1 aromatic heterocycles. The van der Waals surface area contributed by atoms with Gasteiger partial charge in [-0.1, -0.05) is 53.2 Å². The zero-order valence-corrected chi connectivity index (χ0v) is 15.1. The van der Waals surface area contributed by atoms with Crippen LogP contribution in [0.2, 0.25) is 5.02 Å². The van der Waals surface area contributed by atoms with Crippen LogP contribution in [0.3, 0.4) is 0 Å². The first-order chi connectivity index (χ1) is 13.2. The van der Waals surface area contributed by atoms with Crippen LogP contribution in [0.4, 0.5) is 5.69 Å². The fraction of sp³-hybridized carbons (Fsp3) is 0.0952. The molecule has 0 atom stereocenters. The van der Waals surface area contributed by atoms with Crippen molar-refractivity contribution in [3.63, 3.8) is 0 Å². The second kappa shape index (κ2) is 7.60. The molecule has 1 N–H and O–H groups in total. The maximum Gasteiger partial charge on any atom is 0.227 e. The van der Waals surface area contributed by atoms with Crippen molar-refractivity contribution in [1.82, 2.24) is 10.1 Å². The first kappa shape index (κ1) is 17.2. The molecule has 0 spiro atoms. The van der Waals surface area contributed by atoms with Gasteiger partial charge in [0.2, 0.25) is 17.6 Å². The number of hydrogen-bond donors (Lipinski definition) is 1. The Morgan fingerprint density at radius 3 is 2.63 bits per heavy atom. The van der Waals surface area contributed by atoms with Crippen LogP contribution in [0.5, 0.6) is 0 Å². The van der Waals surface area contributed by atoms with Crippen molar-refractivity contribution in [2.45, 2.75) is 12.8 Å². The number of benzene rings is 3. The molecular weight excluding hydrogens is 362 g/mol. The van der Waals surface area contributed by atoms with Crippen LogP contribution in [0.1, 0.15) is 12.3 Å². The number of nitrogens with zero attached hydrogens (tertiary/aromatic N) is 2. The lowest BCUT2D eigenvalue weighted by atomic mass is 10.1. The summed E-state index contributed by atoms with van der Waals surface area (Å²) in [5, 5.41) is 9.65. The molecule has 0 radical (unpaired) electrons. The van der Waals surface area contributed by atoms with Crippen molar-refractivity contribution in [1.29, 1.82) is 0 Å². The van der Waals surface area contributed by atoms with Gasteiger partial charge in [0.1, 0.15) is 0 Å². The minimum absolute atomic E-state index is 0.0994. The topological polar surface area (TPSA) is 68.0 Å². The van der Waals surface area contributed by atoms with Crippen LogP contribution < -0.4 is 5.32 Å². The van der Waals surface area contributed by atoms with Crippen molar-refractivity contribution >= 4 is 34.0 Å². The summed E-state index contributed by atoms with van der Waals surface area (Å²) in [6.45, 7) is 0. The van der Waals surface area contributed by atoms with E-state index < -0.39 is 0 Å². The number of halogens is 1. The van der Waals surface area contributed by atoms with Gasteiger partial charge in [-0.2, -0.15) is 4.98 Å². The van der Waals surface area contributed by atoms with E-state index in [4.69, 9.17) is 16.1 Å². The van der Waals surface area contributed by atoms with E-state index in [2.05, 4.69) is 15.5 Å². The maximum absolute atomic E-state index is 12.3. The summed E-state index contributed by atoms with van der Waals surface area (Å²) in [6.07, 6.45) is 0.628. The predicted molar refractivity (Wildman–Crippen MR) is 106 cm³/mol. The summed E-state index contributed by atoms with van der Waals surface area (Å²) >= 11 is 5.88. The molecular formula is C21H16ClN3O2. The van der Waals surface area contributed by atoms with E-state index in [1.807, 2.05) is 54.6 Å². The predicted octanol–water partition coefficient (Wildman–Crippen LogP) is 5.11. The van der Waals surface area contributed by atoms with E-state index in [0.717, 1.165) is 22.0 Å². The van der Waals surface area contributed by atoms with Gasteiger partial charge in [0.15, 0.2) is 0 Å². The van der Waals surface area contributed by atoms with E-state index in [1.165, 1.54) is 0 Å². The van der Waals surface area contributed by atoms with Gasteiger partial charge < -0.3 is 9.84 Å². The van der Waals surface area contributed by atoms with Gasteiger partial charge in [0, 0.05) is 34.5 Å². The molecule has 0 aliphatic carbocycles. The SMILES string of the molecule is O=C(CCc1nc(-c2ccc(Cl)cc2)no1)Nc1cccc2ccccc12. The largest absolute Gasteiger partial charge is 0.339 e. The second-order valence-electron chi connectivity index (χ2n) is 6.09. The second-order valence-corrected chi connectivity index (χ2v) is 6.53. The molecule has 4 aromatic rings. The average Bonchev–Trinajstić information content (AvgIpc) is 3.16. The molecule has 1 heterocycles. The summed E-state index contributed by atoms with van der Waals surface area (Å²) < 4.78 is 5.25. The first-order valence-electron chi connectivity index (χ1n) is 8.55. The highest BCUT2D eigenvalue weighted by Crippen LogP contribution is 2.23. The zero-order chi connectivity index (χ0) is 18.6. The molecule has 0 saturated heterocycles. The van der Waals surface area contributed by atoms with Gasteiger partial charge in [0.05, 0.1) is 0 Å². The number of aromatic nitrogens is 2. The van der Waals surface area contributed by atoms with Gasteiger partial charge >= 0.3 is 0 Å². The van der Waals surface area contributed by atoms with Crippen LogP contribution in [-0.2, 0) is 11.2 Å². The molecule has 0 aliphatic rings. The third-order valence-electron chi connectivity index (χ3n) is 4.20. The van der Waals surface area contributed by atoms with Gasteiger partial charge in [0.25, 0.3) is 0 Å². The van der Waals surface area contributed by atoms with Crippen LogP contribution in [0.25, 0.3) is 22.2 Å². The van der Waals surface area contributed by atoms with Gasteiger partial charge in [-0.25, -0.2) is 0 Å². The van der Waals surface area contributed by atoms with E-state index in [0.29, 0.717) is 23.2 Å². The Bertz CT molecular complexity index is 1080. The number of fused-ring (bicyclic) bond motifs is 1. The van der Waals surface area contributed by atoms with Crippen LogP contribution in [0.15, 0.2) is 71.3 Å². The molecule has 1 amide bonds. The normalized spacial score (nSPS) is 10.9. The van der Waals surface area contributed by atoms with Gasteiger partial charge in [-0.3, -0.25) is 4.79 Å². The van der Waals surface area contributed by atoms with E-state index in [9.17, 15) is 4.79 Å². The molecule has 0 unspecified atom stereocenters. The Kier molecular flexibility index (Phi) is 4.85. The fourth-order valence-corrected chi connectivity index (χ4v) is 2.97. The van der Waals surface area contributed by atoms with E-state index in [1.54, 1.807) is 12.1 Å². The number of carbonyl (C=O) groups is 1. The molecule has 0 saturated carbocycles. The minimum atomic E-state index is -0.0994. The van der Waals surface area contributed by atoms with Crippen molar-refractivity contribution in [3.8, 4) is 11.4 Å². The molecule has 0 aliphatic heterocycles. The highest BCUT2D eigenvalue weighted by atomic mass is 35.5. The summed E-state index contributed by atoms with van der Waals surface area (Å²) in [4.78, 5) is 16.7. The molecule has 27 heavy (non-hydrogen) atoms. The molecule has 5 nitrogen and oxygen atoms in total. The number of carbonyl (C=O) groups excluding carboxylic acids is 1. The maximum atomic E-state index is 12.3. The molecule has 3 aromatic carbocycles. The third-order valence-corrected chi connectivity index (χ3v) is 4.45.